The maximum absolute atomic E-state index is 13.7. The van der Waals surface area contributed by atoms with E-state index in [4.69, 9.17) is 13.9 Å². The fourth-order valence-electron chi connectivity index (χ4n) is 5.63. The van der Waals surface area contributed by atoms with Gasteiger partial charge in [-0.15, -0.1) is 0 Å². The third kappa shape index (κ3) is 5.23. The molecular formula is C28H28N4O9S. The number of aromatic nitrogens is 1. The lowest BCUT2D eigenvalue weighted by atomic mass is 10.1. The summed E-state index contributed by atoms with van der Waals surface area (Å²) in [5, 5.41) is 2.12. The van der Waals surface area contributed by atoms with Crippen LogP contribution in [0.5, 0.6) is 11.7 Å². The van der Waals surface area contributed by atoms with Gasteiger partial charge in [0.1, 0.15) is 23.4 Å². The molecule has 14 heteroatoms. The van der Waals surface area contributed by atoms with Crippen molar-refractivity contribution in [1.82, 2.24) is 19.5 Å². The van der Waals surface area contributed by atoms with E-state index in [9.17, 15) is 27.6 Å². The van der Waals surface area contributed by atoms with Crippen LogP contribution < -0.4 is 14.8 Å². The van der Waals surface area contributed by atoms with Gasteiger partial charge in [-0.1, -0.05) is 12.8 Å². The molecule has 3 atom stereocenters. The molecule has 3 fully saturated rings. The predicted octanol–water partition coefficient (Wildman–Crippen LogP) is 2.12. The van der Waals surface area contributed by atoms with Crippen molar-refractivity contribution in [2.75, 3.05) is 20.2 Å². The second kappa shape index (κ2) is 10.8. The van der Waals surface area contributed by atoms with Gasteiger partial charge in [-0.2, -0.15) is 4.31 Å². The average molecular weight is 597 g/mol. The number of rotatable bonds is 8. The Morgan fingerprint density at radius 2 is 1.98 bits per heavy atom. The minimum absolute atomic E-state index is 0.0697. The number of hydrogen-bond donors (Lipinski definition) is 1. The Morgan fingerprint density at radius 3 is 2.69 bits per heavy atom. The summed E-state index contributed by atoms with van der Waals surface area (Å²) < 4.78 is 43.4. The van der Waals surface area contributed by atoms with E-state index in [1.165, 1.54) is 36.4 Å². The molecule has 3 unspecified atom stereocenters. The van der Waals surface area contributed by atoms with Crippen LogP contribution >= 0.6 is 0 Å². The van der Waals surface area contributed by atoms with Crippen LogP contribution in [-0.2, 0) is 19.6 Å². The van der Waals surface area contributed by atoms with Gasteiger partial charge in [0, 0.05) is 30.4 Å². The number of carbonyl (C=O) groups excluding carboxylic acids is 4. The molecule has 3 aliphatic rings. The maximum Gasteiger partial charge on any atom is 0.415 e. The Labute approximate surface area is 240 Å². The molecule has 3 aromatic rings. The molecule has 2 saturated heterocycles. The van der Waals surface area contributed by atoms with Crippen molar-refractivity contribution in [2.24, 2.45) is 5.92 Å². The van der Waals surface area contributed by atoms with Crippen LogP contribution in [0.1, 0.15) is 36.0 Å². The first-order valence-electron chi connectivity index (χ1n) is 13.5. The maximum atomic E-state index is 13.7. The van der Waals surface area contributed by atoms with Crippen molar-refractivity contribution in [2.45, 2.75) is 43.8 Å². The van der Waals surface area contributed by atoms with E-state index >= 15 is 0 Å². The number of furan rings is 1. The van der Waals surface area contributed by atoms with E-state index in [0.717, 1.165) is 23.3 Å². The normalized spacial score (nSPS) is 21.3. The molecule has 2 aromatic heterocycles. The summed E-state index contributed by atoms with van der Waals surface area (Å²) in [4.78, 5) is 57.6. The third-order valence-electron chi connectivity index (χ3n) is 7.85. The Bertz CT molecular complexity index is 1670. The molecule has 2 aliphatic heterocycles. The first-order valence-corrected chi connectivity index (χ1v) is 14.9. The predicted molar refractivity (Wildman–Crippen MR) is 146 cm³/mol. The van der Waals surface area contributed by atoms with E-state index in [1.54, 1.807) is 18.2 Å². The first kappa shape index (κ1) is 27.8. The Kier molecular flexibility index (Phi) is 7.19. The lowest BCUT2D eigenvalue weighted by Gasteiger charge is -2.28. The van der Waals surface area contributed by atoms with Crippen LogP contribution in [0.4, 0.5) is 4.79 Å². The van der Waals surface area contributed by atoms with Gasteiger partial charge in [-0.3, -0.25) is 19.4 Å². The molecule has 0 radical (unpaired) electrons. The van der Waals surface area contributed by atoms with Crippen molar-refractivity contribution in [3.8, 4) is 11.7 Å². The lowest BCUT2D eigenvalue weighted by molar-refractivity contribution is -0.138. The lowest BCUT2D eigenvalue weighted by Crippen LogP contribution is -2.53. The van der Waals surface area contributed by atoms with Crippen molar-refractivity contribution < 1.29 is 41.5 Å². The number of nitrogens with zero attached hydrogens (tertiary/aromatic N) is 3. The topological polar surface area (TPSA) is 165 Å². The highest BCUT2D eigenvalue weighted by molar-refractivity contribution is 8.04. The number of likely N-dealkylation sites (tertiary alicyclic amines) is 1. The summed E-state index contributed by atoms with van der Waals surface area (Å²) in [7, 11) is -3.01. The van der Waals surface area contributed by atoms with Gasteiger partial charge in [-0.05, 0) is 49.1 Å². The molecule has 220 valence electrons. The smallest absolute Gasteiger partial charge is 0.415 e. The quantitative estimate of drug-likeness (QED) is 0.407. The Morgan fingerprint density at radius 1 is 1.17 bits per heavy atom. The number of hydrogen-bond acceptors (Lipinski definition) is 10. The average Bonchev–Trinajstić information content (AvgIpc) is 3.39. The molecule has 13 nitrogen and oxygen atoms in total. The highest BCUT2D eigenvalue weighted by Crippen LogP contribution is 2.37. The summed E-state index contributed by atoms with van der Waals surface area (Å²) in [6, 6.07) is 6.47. The number of carbonyl (C=O) groups is 4. The standard InChI is InChI=1S/C28H28N4O9S/c1-39-19-6-7-23-18(12-19)13-24(40-23)41-28(36)30-20(11-16-4-5-16)26(34)31-10-8-21-25(31)22(33)15-32(21)42(37,38)27(35)17-3-2-9-29-14-17/h2-3,6-7,9,12-14,16,20-21,25H,4-5,8,10-11,15H2,1H3,(H,30,36). The number of pyridine rings is 1. The number of methoxy groups -OCH3 is 1. The number of nitrogens with one attached hydrogen (secondary N) is 1. The van der Waals surface area contributed by atoms with Gasteiger partial charge >= 0.3 is 6.09 Å². The first-order chi connectivity index (χ1) is 20.2. The van der Waals surface area contributed by atoms with Crippen LogP contribution in [0.25, 0.3) is 11.0 Å². The van der Waals surface area contributed by atoms with Crippen LogP contribution in [-0.4, -0.2) is 83.8 Å². The van der Waals surface area contributed by atoms with Crippen molar-refractivity contribution in [3.05, 3.63) is 54.4 Å². The zero-order chi connectivity index (χ0) is 29.6. The Hall–Kier alpha value is -4.30. The fraction of sp³-hybridized carbons (Fsp3) is 0.393. The van der Waals surface area contributed by atoms with Gasteiger partial charge < -0.3 is 24.1 Å². The second-order valence-corrected chi connectivity index (χ2v) is 12.4. The molecular weight excluding hydrogens is 568 g/mol. The molecule has 1 aromatic carbocycles. The molecule has 1 N–H and O–H groups in total. The van der Waals surface area contributed by atoms with Crippen molar-refractivity contribution in [1.29, 1.82) is 0 Å². The summed E-state index contributed by atoms with van der Waals surface area (Å²) in [5.74, 6) is -0.234. The van der Waals surface area contributed by atoms with Crippen LogP contribution in [0.2, 0.25) is 0 Å². The molecule has 4 heterocycles. The van der Waals surface area contributed by atoms with E-state index in [0.29, 0.717) is 23.1 Å². The van der Waals surface area contributed by atoms with Crippen LogP contribution in [0.3, 0.4) is 0 Å². The number of ether oxygens (including phenoxy) is 2. The molecule has 0 bridgehead atoms. The van der Waals surface area contributed by atoms with E-state index in [2.05, 4.69) is 10.3 Å². The number of ketones is 1. The van der Waals surface area contributed by atoms with E-state index in [-0.39, 0.29) is 30.4 Å². The number of benzene rings is 1. The molecule has 1 saturated carbocycles. The summed E-state index contributed by atoms with van der Waals surface area (Å²) in [6.07, 6.45) is 3.97. The summed E-state index contributed by atoms with van der Waals surface area (Å²) >= 11 is 0. The zero-order valence-electron chi connectivity index (χ0n) is 22.6. The molecule has 6 rings (SSSR count). The monoisotopic (exact) mass is 596 g/mol. The van der Waals surface area contributed by atoms with Gasteiger partial charge in [-0.25, -0.2) is 13.2 Å². The largest absolute Gasteiger partial charge is 0.497 e. The number of sulfonamides is 1. The molecule has 1 aliphatic carbocycles. The third-order valence-corrected chi connectivity index (χ3v) is 9.57. The second-order valence-electron chi connectivity index (χ2n) is 10.6. The highest BCUT2D eigenvalue weighted by atomic mass is 32.2. The van der Waals surface area contributed by atoms with Gasteiger partial charge in [0.15, 0.2) is 5.78 Å². The minimum atomic E-state index is -4.54. The van der Waals surface area contributed by atoms with Crippen molar-refractivity contribution >= 4 is 43.9 Å². The van der Waals surface area contributed by atoms with Gasteiger partial charge in [0.05, 0.1) is 25.3 Å². The minimum Gasteiger partial charge on any atom is -0.497 e. The zero-order valence-corrected chi connectivity index (χ0v) is 23.4. The van der Waals surface area contributed by atoms with E-state index in [1.807, 2.05) is 0 Å². The van der Waals surface area contributed by atoms with Crippen LogP contribution in [0, 0.1) is 5.92 Å². The van der Waals surface area contributed by atoms with Gasteiger partial charge in [0.2, 0.25) is 5.91 Å². The summed E-state index contributed by atoms with van der Waals surface area (Å²) in [6.45, 7) is -0.427. The van der Waals surface area contributed by atoms with E-state index < -0.39 is 57.6 Å². The van der Waals surface area contributed by atoms with Crippen molar-refractivity contribution in [3.63, 3.8) is 0 Å². The SMILES string of the molecule is COc1ccc2oc(OC(=O)NC(CC3CC3)C(=O)N3CCC4C3C(=O)CN4S(=O)(=O)C(=O)c3cccnc3)cc2c1. The molecule has 42 heavy (non-hydrogen) atoms. The van der Waals surface area contributed by atoms with Crippen LogP contribution in [0.15, 0.2) is 53.2 Å². The highest BCUT2D eigenvalue weighted by Gasteiger charge is 2.55. The molecule has 2 amide bonds. The number of Topliss-reactive ketones (excluding diaryl/α,β-unsaturated/α-hetero) is 1. The number of fused-ring (bicyclic) bond motifs is 2. The number of amides is 2. The molecule has 0 spiro atoms. The fourth-order valence-corrected chi connectivity index (χ4v) is 7.13. The van der Waals surface area contributed by atoms with Gasteiger partial charge in [0.25, 0.3) is 21.1 Å². The Balaban J connectivity index is 1.16. The summed E-state index contributed by atoms with van der Waals surface area (Å²) in [5.41, 5.74) is 0.365.